The molecule has 1 aromatic rings. The molecule has 0 saturated heterocycles. The highest BCUT2D eigenvalue weighted by atomic mass is 19.1. The maximum atomic E-state index is 13.2. The predicted octanol–water partition coefficient (Wildman–Crippen LogP) is 3.65. The van der Waals surface area contributed by atoms with Crippen LogP contribution >= 0.6 is 0 Å². The molecular formula is C20H27FN2O3. The zero-order chi connectivity index (χ0) is 19.4. The Bertz CT molecular complexity index is 693. The molecule has 1 aromatic carbocycles. The molecule has 2 N–H and O–H groups in total. The van der Waals surface area contributed by atoms with Gasteiger partial charge in [0.05, 0.1) is 5.54 Å². The number of benzene rings is 1. The van der Waals surface area contributed by atoms with Crippen LogP contribution in [0.2, 0.25) is 0 Å². The van der Waals surface area contributed by atoms with Crippen LogP contribution in [-0.4, -0.2) is 29.7 Å². The molecule has 0 radical (unpaired) electrons. The van der Waals surface area contributed by atoms with E-state index in [4.69, 9.17) is 4.74 Å². The molecular weight excluding hydrogens is 335 g/mol. The Morgan fingerprint density at radius 3 is 2.54 bits per heavy atom. The minimum absolute atomic E-state index is 0.283. The Labute approximate surface area is 154 Å². The molecule has 2 amide bonds. The van der Waals surface area contributed by atoms with Crippen molar-refractivity contribution in [1.82, 2.24) is 10.6 Å². The van der Waals surface area contributed by atoms with Gasteiger partial charge >= 0.3 is 6.09 Å². The van der Waals surface area contributed by atoms with E-state index >= 15 is 0 Å². The van der Waals surface area contributed by atoms with Gasteiger partial charge in [0.25, 0.3) is 0 Å². The van der Waals surface area contributed by atoms with Crippen LogP contribution in [0.3, 0.4) is 0 Å². The van der Waals surface area contributed by atoms with Crippen LogP contribution in [0.5, 0.6) is 0 Å². The van der Waals surface area contributed by atoms with Gasteiger partial charge in [-0.3, -0.25) is 4.79 Å². The summed E-state index contributed by atoms with van der Waals surface area (Å²) in [5.74, 6) is -0.324. The van der Waals surface area contributed by atoms with Gasteiger partial charge in [0.1, 0.15) is 11.4 Å². The van der Waals surface area contributed by atoms with Crippen LogP contribution < -0.4 is 10.6 Å². The molecule has 0 aliphatic heterocycles. The van der Waals surface area contributed by atoms with Crippen LogP contribution in [0.4, 0.5) is 9.18 Å². The number of nitrogens with one attached hydrogen (secondary N) is 2. The molecule has 0 heterocycles. The van der Waals surface area contributed by atoms with E-state index in [-0.39, 0.29) is 18.3 Å². The van der Waals surface area contributed by atoms with E-state index in [0.717, 1.165) is 12.8 Å². The van der Waals surface area contributed by atoms with Gasteiger partial charge in [0.15, 0.2) is 0 Å². The quantitative estimate of drug-likeness (QED) is 0.759. The molecule has 1 unspecified atom stereocenters. The molecule has 0 aromatic heterocycles. The third-order valence-corrected chi connectivity index (χ3v) is 4.16. The molecule has 1 saturated carbocycles. The van der Waals surface area contributed by atoms with E-state index < -0.39 is 17.2 Å². The molecule has 2 rings (SSSR count). The normalized spacial score (nSPS) is 16.8. The first-order valence-corrected chi connectivity index (χ1v) is 8.80. The monoisotopic (exact) mass is 362 g/mol. The van der Waals surface area contributed by atoms with Crippen LogP contribution in [0.15, 0.2) is 30.3 Å². The fraction of sp³-hybridized carbons (Fsp3) is 0.500. The third kappa shape index (κ3) is 6.50. The number of amides is 2. The molecule has 1 fully saturated rings. The van der Waals surface area contributed by atoms with Crippen molar-refractivity contribution in [3.63, 3.8) is 0 Å². The highest BCUT2D eigenvalue weighted by molar-refractivity contribution is 5.92. The second-order valence-electron chi connectivity index (χ2n) is 7.92. The maximum absolute atomic E-state index is 13.2. The summed E-state index contributed by atoms with van der Waals surface area (Å²) in [6, 6.07) is 6.01. The molecule has 0 spiro atoms. The smallest absolute Gasteiger partial charge is 0.407 e. The summed E-state index contributed by atoms with van der Waals surface area (Å²) in [6.07, 6.45) is 4.44. The lowest BCUT2D eigenvalue weighted by molar-refractivity contribution is -0.118. The van der Waals surface area contributed by atoms with Gasteiger partial charge in [-0.2, -0.15) is 0 Å². The highest BCUT2D eigenvalue weighted by Crippen LogP contribution is 2.39. The minimum atomic E-state index is -0.572. The van der Waals surface area contributed by atoms with Crippen LogP contribution in [-0.2, 0) is 9.53 Å². The Kier molecular flexibility index (Phi) is 6.05. The zero-order valence-electron chi connectivity index (χ0n) is 15.8. The van der Waals surface area contributed by atoms with E-state index in [1.54, 1.807) is 39.0 Å². The van der Waals surface area contributed by atoms with Gasteiger partial charge in [-0.1, -0.05) is 12.1 Å². The Balaban J connectivity index is 1.94. The first-order valence-electron chi connectivity index (χ1n) is 8.80. The third-order valence-electron chi connectivity index (χ3n) is 4.16. The van der Waals surface area contributed by atoms with Gasteiger partial charge in [-0.05, 0) is 70.2 Å². The van der Waals surface area contributed by atoms with Gasteiger partial charge in [-0.15, -0.1) is 0 Å². The molecule has 1 aliphatic carbocycles. The largest absolute Gasteiger partial charge is 0.444 e. The lowest BCUT2D eigenvalue weighted by Gasteiger charge is -2.31. The van der Waals surface area contributed by atoms with Crippen molar-refractivity contribution < 1.29 is 18.7 Å². The average molecular weight is 362 g/mol. The van der Waals surface area contributed by atoms with Gasteiger partial charge in [0, 0.05) is 12.6 Å². The lowest BCUT2D eigenvalue weighted by atomic mass is 9.95. The van der Waals surface area contributed by atoms with Crippen molar-refractivity contribution in [2.45, 2.75) is 51.7 Å². The standard InChI is InChI=1S/C20H27FN2O3/c1-19(2,3)26-18(25)22-13-20(4,15-9-10-15)23-17(24)11-8-14-6-5-7-16(21)12-14/h5-8,11-12,15H,9-10,13H2,1-4H3,(H,22,25)(H,23,24). The molecule has 1 aliphatic rings. The van der Waals surface area contributed by atoms with Crippen LogP contribution in [0, 0.1) is 11.7 Å². The van der Waals surface area contributed by atoms with E-state index in [9.17, 15) is 14.0 Å². The van der Waals surface area contributed by atoms with E-state index in [1.165, 1.54) is 18.2 Å². The van der Waals surface area contributed by atoms with Crippen molar-refractivity contribution in [3.8, 4) is 0 Å². The lowest BCUT2D eigenvalue weighted by Crippen LogP contribution is -2.55. The molecule has 5 nitrogen and oxygen atoms in total. The number of ether oxygens (including phenoxy) is 1. The highest BCUT2D eigenvalue weighted by Gasteiger charge is 2.42. The number of hydrogen-bond donors (Lipinski definition) is 2. The summed E-state index contributed by atoms with van der Waals surface area (Å²) >= 11 is 0. The van der Waals surface area contributed by atoms with E-state index in [1.807, 2.05) is 6.92 Å². The second-order valence-corrected chi connectivity index (χ2v) is 7.92. The molecule has 26 heavy (non-hydrogen) atoms. The second kappa shape index (κ2) is 7.89. The first kappa shape index (κ1) is 19.9. The summed E-state index contributed by atoms with van der Waals surface area (Å²) in [4.78, 5) is 24.2. The number of carbonyl (C=O) groups is 2. The van der Waals surface area contributed by atoms with E-state index in [0.29, 0.717) is 11.5 Å². The summed E-state index contributed by atoms with van der Waals surface area (Å²) < 4.78 is 18.4. The van der Waals surface area contributed by atoms with Crippen molar-refractivity contribution in [2.24, 2.45) is 5.92 Å². The van der Waals surface area contributed by atoms with Crippen molar-refractivity contribution in [2.75, 3.05) is 6.54 Å². The topological polar surface area (TPSA) is 67.4 Å². The number of halogens is 1. The van der Waals surface area contributed by atoms with Crippen LogP contribution in [0.25, 0.3) is 6.08 Å². The van der Waals surface area contributed by atoms with E-state index in [2.05, 4.69) is 10.6 Å². The van der Waals surface area contributed by atoms with Crippen molar-refractivity contribution >= 4 is 18.1 Å². The fourth-order valence-corrected chi connectivity index (χ4v) is 2.69. The summed E-state index contributed by atoms with van der Waals surface area (Å²) in [5, 5.41) is 5.71. The summed E-state index contributed by atoms with van der Waals surface area (Å²) in [6.45, 7) is 7.59. The molecule has 0 bridgehead atoms. The number of carbonyl (C=O) groups excluding carboxylic acids is 2. The van der Waals surface area contributed by atoms with Gasteiger partial charge < -0.3 is 15.4 Å². The minimum Gasteiger partial charge on any atom is -0.444 e. The predicted molar refractivity (Wildman–Crippen MR) is 98.9 cm³/mol. The maximum Gasteiger partial charge on any atom is 0.407 e. The number of hydrogen-bond acceptors (Lipinski definition) is 3. The molecule has 1 atom stereocenters. The first-order chi connectivity index (χ1) is 12.1. The Hall–Kier alpha value is -2.37. The van der Waals surface area contributed by atoms with Crippen molar-refractivity contribution in [3.05, 3.63) is 41.7 Å². The number of rotatable bonds is 6. The fourth-order valence-electron chi connectivity index (χ4n) is 2.69. The zero-order valence-corrected chi connectivity index (χ0v) is 15.8. The average Bonchev–Trinajstić information content (AvgIpc) is 3.35. The summed E-state index contributed by atoms with van der Waals surface area (Å²) in [5.41, 5.74) is -0.516. The summed E-state index contributed by atoms with van der Waals surface area (Å²) in [7, 11) is 0. The van der Waals surface area contributed by atoms with Crippen molar-refractivity contribution in [1.29, 1.82) is 0 Å². The Morgan fingerprint density at radius 1 is 1.27 bits per heavy atom. The SMILES string of the molecule is CC(C)(C)OC(=O)NCC(C)(NC(=O)C=Cc1cccc(F)c1)C1CC1. The Morgan fingerprint density at radius 2 is 1.96 bits per heavy atom. The van der Waals surface area contributed by atoms with Gasteiger partial charge in [-0.25, -0.2) is 9.18 Å². The van der Waals surface area contributed by atoms with Crippen LogP contribution in [0.1, 0.15) is 46.1 Å². The van der Waals surface area contributed by atoms with Gasteiger partial charge in [0.2, 0.25) is 5.91 Å². The molecule has 142 valence electrons. The number of alkyl carbamates (subject to hydrolysis) is 1. The molecule has 6 heteroatoms.